The third kappa shape index (κ3) is 5.18. The van der Waals surface area contributed by atoms with Crippen LogP contribution in [0.15, 0.2) is 18.2 Å². The highest BCUT2D eigenvalue weighted by Crippen LogP contribution is 2.25. The first-order valence-electron chi connectivity index (χ1n) is 9.57. The summed E-state index contributed by atoms with van der Waals surface area (Å²) in [7, 11) is -2.84. The summed E-state index contributed by atoms with van der Waals surface area (Å²) in [6.07, 6.45) is 0.761. The monoisotopic (exact) mass is 473 g/mol. The van der Waals surface area contributed by atoms with Gasteiger partial charge in [-0.2, -0.15) is 0 Å². The van der Waals surface area contributed by atoms with Gasteiger partial charge in [0.2, 0.25) is 5.13 Å². The lowest BCUT2D eigenvalue weighted by molar-refractivity contribution is 0.0812. The Hall–Kier alpha value is -1.04. The lowest BCUT2D eigenvalue weighted by atomic mass is 10.2. The minimum atomic E-state index is -2.84. The summed E-state index contributed by atoms with van der Waals surface area (Å²) < 4.78 is 26.0. The van der Waals surface area contributed by atoms with E-state index in [-0.39, 0.29) is 6.04 Å². The van der Waals surface area contributed by atoms with Gasteiger partial charge >= 0.3 is 0 Å². The predicted molar refractivity (Wildman–Crippen MR) is 121 cm³/mol. The van der Waals surface area contributed by atoms with Crippen LogP contribution in [0.25, 0.3) is 0 Å². The number of nitrogens with zero attached hydrogens (tertiary/aromatic N) is 4. The molecule has 11 heteroatoms. The molecule has 1 aromatic heterocycles. The zero-order valence-corrected chi connectivity index (χ0v) is 19.4. The molecule has 2 fully saturated rings. The lowest BCUT2D eigenvalue weighted by Crippen LogP contribution is -2.50. The molecule has 0 bridgehead atoms. The SMILES string of the molecule is Cc1ccc(Nc2nn(CN3CCN(C4CCS(=O)(=O)C4)CC3)c(=S)s2)cc1Cl. The van der Waals surface area contributed by atoms with Crippen molar-refractivity contribution < 1.29 is 8.42 Å². The average molecular weight is 474 g/mol. The second kappa shape index (κ2) is 8.60. The number of piperazine rings is 1. The molecule has 1 N–H and O–H groups in total. The summed E-state index contributed by atoms with van der Waals surface area (Å²) in [6, 6.07) is 6.00. The number of hydrogen-bond donors (Lipinski definition) is 1. The Morgan fingerprint density at radius 2 is 2.07 bits per heavy atom. The van der Waals surface area contributed by atoms with E-state index >= 15 is 0 Å². The quantitative estimate of drug-likeness (QED) is 0.669. The molecule has 7 nitrogen and oxygen atoms in total. The first kappa shape index (κ1) is 21.2. The number of nitrogens with one attached hydrogen (secondary N) is 1. The fourth-order valence-electron chi connectivity index (χ4n) is 3.76. The van der Waals surface area contributed by atoms with Crippen molar-refractivity contribution in [2.75, 3.05) is 43.0 Å². The van der Waals surface area contributed by atoms with E-state index < -0.39 is 9.84 Å². The summed E-state index contributed by atoms with van der Waals surface area (Å²) in [5, 5.41) is 9.34. The van der Waals surface area contributed by atoms with E-state index in [1.165, 1.54) is 11.3 Å². The minimum absolute atomic E-state index is 0.181. The van der Waals surface area contributed by atoms with Gasteiger partial charge in [-0.3, -0.25) is 9.80 Å². The van der Waals surface area contributed by atoms with Crippen LogP contribution in [0.5, 0.6) is 0 Å². The Bertz CT molecular complexity index is 1040. The molecule has 1 aromatic carbocycles. The maximum Gasteiger partial charge on any atom is 0.209 e. The fourth-order valence-corrected chi connectivity index (χ4v) is 6.72. The van der Waals surface area contributed by atoms with E-state index in [0.717, 1.165) is 52.9 Å². The number of rotatable bonds is 5. The van der Waals surface area contributed by atoms with Crippen molar-refractivity contribution >= 4 is 55.8 Å². The molecule has 1 atom stereocenters. The highest BCUT2D eigenvalue weighted by Gasteiger charge is 2.33. The van der Waals surface area contributed by atoms with Gasteiger partial charge in [0, 0.05) is 42.9 Å². The van der Waals surface area contributed by atoms with E-state index in [1.807, 2.05) is 29.8 Å². The largest absolute Gasteiger partial charge is 0.330 e. The molecule has 2 aliphatic heterocycles. The van der Waals surface area contributed by atoms with Crippen molar-refractivity contribution in [2.45, 2.75) is 26.1 Å². The van der Waals surface area contributed by atoms with Crippen molar-refractivity contribution in [3.05, 3.63) is 32.7 Å². The van der Waals surface area contributed by atoms with Crippen LogP contribution in [-0.4, -0.2) is 71.7 Å². The summed E-state index contributed by atoms with van der Waals surface area (Å²) >= 11 is 13.1. The summed E-state index contributed by atoms with van der Waals surface area (Å²) in [4.78, 5) is 4.62. The van der Waals surface area contributed by atoms with Crippen LogP contribution in [0.2, 0.25) is 5.02 Å². The first-order chi connectivity index (χ1) is 13.8. The van der Waals surface area contributed by atoms with Gasteiger partial charge in [0.15, 0.2) is 13.8 Å². The van der Waals surface area contributed by atoms with Crippen molar-refractivity contribution in [1.82, 2.24) is 19.6 Å². The van der Waals surface area contributed by atoms with E-state index in [1.54, 1.807) is 0 Å². The van der Waals surface area contributed by atoms with Crippen LogP contribution in [0.4, 0.5) is 10.8 Å². The molecule has 29 heavy (non-hydrogen) atoms. The van der Waals surface area contributed by atoms with Gasteiger partial charge in [0.25, 0.3) is 0 Å². The van der Waals surface area contributed by atoms with E-state index in [2.05, 4.69) is 20.2 Å². The Morgan fingerprint density at radius 1 is 1.31 bits per heavy atom. The molecule has 2 saturated heterocycles. The first-order valence-corrected chi connectivity index (χ1v) is 13.0. The van der Waals surface area contributed by atoms with Crippen molar-refractivity contribution in [3.63, 3.8) is 0 Å². The topological polar surface area (TPSA) is 70.5 Å². The summed E-state index contributed by atoms with van der Waals surface area (Å²) in [5.74, 6) is 0.635. The second-order valence-corrected chi connectivity index (χ2v) is 11.9. The third-order valence-corrected chi connectivity index (χ3v) is 8.88. The van der Waals surface area contributed by atoms with E-state index in [4.69, 9.17) is 23.8 Å². The van der Waals surface area contributed by atoms with Crippen molar-refractivity contribution in [1.29, 1.82) is 0 Å². The number of sulfone groups is 1. The van der Waals surface area contributed by atoms with Gasteiger partial charge in [0.1, 0.15) is 0 Å². The third-order valence-electron chi connectivity index (χ3n) is 5.50. The molecule has 0 radical (unpaired) electrons. The van der Waals surface area contributed by atoms with Gasteiger partial charge in [-0.1, -0.05) is 29.0 Å². The molecule has 4 rings (SSSR count). The number of hydrogen-bond acceptors (Lipinski definition) is 8. The fraction of sp³-hybridized carbons (Fsp3) is 0.556. The van der Waals surface area contributed by atoms with Crippen LogP contribution in [0, 0.1) is 10.9 Å². The highest BCUT2D eigenvalue weighted by molar-refractivity contribution is 7.91. The number of anilines is 2. The summed E-state index contributed by atoms with van der Waals surface area (Å²) in [5.41, 5.74) is 1.92. The second-order valence-electron chi connectivity index (χ2n) is 7.61. The molecule has 2 aromatic rings. The van der Waals surface area contributed by atoms with Gasteiger partial charge in [-0.25, -0.2) is 13.1 Å². The van der Waals surface area contributed by atoms with Crippen molar-refractivity contribution in [3.8, 4) is 0 Å². The Labute approximate surface area is 185 Å². The number of halogens is 1. The van der Waals surface area contributed by atoms with E-state index in [0.29, 0.717) is 23.2 Å². The highest BCUT2D eigenvalue weighted by atomic mass is 35.5. The summed E-state index contributed by atoms with van der Waals surface area (Å²) in [6.45, 7) is 6.13. The average Bonchev–Trinajstić information content (AvgIpc) is 3.20. The number of aryl methyl sites for hydroxylation is 1. The molecule has 0 aliphatic carbocycles. The van der Waals surface area contributed by atoms with Crippen LogP contribution in [0.1, 0.15) is 12.0 Å². The maximum atomic E-state index is 11.7. The Kier molecular flexibility index (Phi) is 6.29. The normalized spacial score (nSPS) is 22.8. The molecule has 1 unspecified atom stereocenters. The van der Waals surface area contributed by atoms with Gasteiger partial charge < -0.3 is 5.32 Å². The molecule has 158 valence electrons. The van der Waals surface area contributed by atoms with Gasteiger partial charge in [0.05, 0.1) is 18.2 Å². The predicted octanol–water partition coefficient (Wildman–Crippen LogP) is 3.14. The molecule has 0 spiro atoms. The van der Waals surface area contributed by atoms with Gasteiger partial charge in [-0.05, 0) is 43.3 Å². The molecule has 0 amide bonds. The Balaban J connectivity index is 1.33. The molecular formula is C18H24ClN5O2S3. The zero-order valence-electron chi connectivity index (χ0n) is 16.2. The molecule has 2 aliphatic rings. The van der Waals surface area contributed by atoms with Crippen LogP contribution in [-0.2, 0) is 16.5 Å². The smallest absolute Gasteiger partial charge is 0.209 e. The molecular weight excluding hydrogens is 450 g/mol. The minimum Gasteiger partial charge on any atom is -0.330 e. The lowest BCUT2D eigenvalue weighted by Gasteiger charge is -2.37. The molecule has 3 heterocycles. The standard InChI is InChI=1S/C18H24ClN5O2S3/c1-13-2-3-14(10-16(13)19)20-17-21-24(18(27)28-17)12-22-5-7-23(8-6-22)15-4-9-29(25,26)11-15/h2-3,10,15H,4-9,11-12H2,1H3,(H,20,21). The van der Waals surface area contributed by atoms with Crippen LogP contribution < -0.4 is 5.32 Å². The van der Waals surface area contributed by atoms with Crippen LogP contribution in [0.3, 0.4) is 0 Å². The van der Waals surface area contributed by atoms with Crippen LogP contribution >= 0.6 is 35.2 Å². The maximum absolute atomic E-state index is 11.7. The van der Waals surface area contributed by atoms with Crippen molar-refractivity contribution in [2.24, 2.45) is 0 Å². The van der Waals surface area contributed by atoms with Gasteiger partial charge in [-0.15, -0.1) is 5.10 Å². The van der Waals surface area contributed by atoms with E-state index in [9.17, 15) is 8.42 Å². The number of aromatic nitrogens is 2. The Morgan fingerprint density at radius 3 is 2.72 bits per heavy atom. The molecule has 0 saturated carbocycles. The zero-order chi connectivity index (χ0) is 20.6. The number of benzene rings is 1.